The second-order valence-corrected chi connectivity index (χ2v) is 8.49. The molecule has 0 heterocycles. The Hall–Kier alpha value is -0.383. The molecule has 0 aromatic rings. The van der Waals surface area contributed by atoms with E-state index < -0.39 is 8.07 Å². The molecule has 0 radical (unpaired) electrons. The molecule has 0 rings (SSSR count). The fourth-order valence-corrected chi connectivity index (χ4v) is 1.16. The van der Waals surface area contributed by atoms with Gasteiger partial charge in [-0.2, -0.15) is 0 Å². The van der Waals surface area contributed by atoms with E-state index in [1.165, 1.54) is 0 Å². The summed E-state index contributed by atoms with van der Waals surface area (Å²) in [5, 5.41) is 9.86. The molecular weight excluding hydrogens is 122 g/mol. The summed E-state index contributed by atoms with van der Waals surface area (Å²) in [5.41, 5.74) is 0. The predicted molar refractivity (Wildman–Crippen MR) is 35.2 cm³/mol. The number of hydrogen-bond donors (Lipinski definition) is 0. The van der Waals surface area contributed by atoms with E-state index >= 15 is 0 Å². The minimum atomic E-state index is -1.42. The Morgan fingerprint density at radius 3 is 1.88 bits per heavy atom. The summed E-state index contributed by atoms with van der Waals surface area (Å²) in [6.07, 6.45) is 0.188. The monoisotopic (exact) mass is 133 g/mol. The zero-order valence-electron chi connectivity index (χ0n) is 5.47. The van der Waals surface area contributed by atoms with Crippen molar-refractivity contribution in [1.82, 2.24) is 0 Å². The summed E-state index contributed by atoms with van der Waals surface area (Å²) in [7, 11) is -1.42. The number of rotatable bonds is 2. The van der Waals surface area contributed by atoms with E-state index in [1.807, 2.05) is 19.6 Å². The lowest BCUT2D eigenvalue weighted by molar-refractivity contribution is -0.462. The van der Waals surface area contributed by atoms with Crippen LogP contribution in [0.5, 0.6) is 0 Å². The Bertz CT molecular complexity index is 96.7. The molecule has 48 valence electrons. The van der Waals surface area contributed by atoms with Crippen LogP contribution in [0.3, 0.4) is 0 Å². The molecule has 0 aromatic heterocycles. The van der Waals surface area contributed by atoms with E-state index in [1.54, 1.807) is 0 Å². The molecule has 0 amide bonds. The van der Waals surface area contributed by atoms with Gasteiger partial charge in [0.15, 0.2) is 6.17 Å². The maximum Gasteiger partial charge on any atom is 0.185 e. The van der Waals surface area contributed by atoms with Gasteiger partial charge in [-0.3, -0.25) is 10.1 Å². The van der Waals surface area contributed by atoms with E-state index in [4.69, 9.17) is 0 Å². The van der Waals surface area contributed by atoms with Crippen LogP contribution in [0.2, 0.25) is 19.6 Å². The number of nitro groups is 1. The summed E-state index contributed by atoms with van der Waals surface area (Å²) in [5.74, 6) is 0. The van der Waals surface area contributed by atoms with Gasteiger partial charge < -0.3 is 0 Å². The zero-order chi connectivity index (χ0) is 6.78. The fraction of sp³-hybridized carbons (Fsp3) is 1.00. The topological polar surface area (TPSA) is 43.1 Å². The highest BCUT2D eigenvalue weighted by molar-refractivity contribution is 6.75. The fourth-order valence-electron chi connectivity index (χ4n) is 0.387. The van der Waals surface area contributed by atoms with Crippen molar-refractivity contribution in [2.24, 2.45) is 0 Å². The Balaban J connectivity index is 3.55. The number of nitrogens with zero attached hydrogens (tertiary/aromatic N) is 1. The highest BCUT2D eigenvalue weighted by atomic mass is 28.3. The standard InChI is InChI=1S/C4H11NO2Si/c1-8(2,3)4-5(6)7/h4H2,1-3H3. The van der Waals surface area contributed by atoms with E-state index in [0.717, 1.165) is 0 Å². The van der Waals surface area contributed by atoms with Crippen molar-refractivity contribution in [3.05, 3.63) is 10.1 Å². The molecule has 0 spiro atoms. The van der Waals surface area contributed by atoms with Gasteiger partial charge in [0, 0.05) is 4.92 Å². The van der Waals surface area contributed by atoms with Crippen molar-refractivity contribution in [2.45, 2.75) is 19.6 Å². The average Bonchev–Trinajstić information content (AvgIpc) is 1.21. The molecule has 0 bridgehead atoms. The van der Waals surface area contributed by atoms with Gasteiger partial charge in [-0.15, -0.1) is 0 Å². The average molecular weight is 133 g/mol. The molecule has 0 saturated heterocycles. The Morgan fingerprint density at radius 1 is 1.50 bits per heavy atom. The lowest BCUT2D eigenvalue weighted by Gasteiger charge is -2.06. The lowest BCUT2D eigenvalue weighted by Crippen LogP contribution is -2.31. The molecule has 0 fully saturated rings. The predicted octanol–water partition coefficient (Wildman–Crippen LogP) is 1.14. The van der Waals surface area contributed by atoms with E-state index in [-0.39, 0.29) is 11.1 Å². The van der Waals surface area contributed by atoms with Gasteiger partial charge in [0.2, 0.25) is 0 Å². The molecule has 3 nitrogen and oxygen atoms in total. The summed E-state index contributed by atoms with van der Waals surface area (Å²) in [6.45, 7) is 5.95. The van der Waals surface area contributed by atoms with Crippen LogP contribution in [0.25, 0.3) is 0 Å². The van der Waals surface area contributed by atoms with Crippen molar-refractivity contribution in [3.63, 3.8) is 0 Å². The molecule has 0 aliphatic rings. The summed E-state index contributed by atoms with van der Waals surface area (Å²) < 4.78 is 0. The van der Waals surface area contributed by atoms with Gasteiger partial charge in [0.1, 0.15) is 8.07 Å². The first-order chi connectivity index (χ1) is 3.42. The third kappa shape index (κ3) is 5.62. The van der Waals surface area contributed by atoms with Crippen molar-refractivity contribution in [2.75, 3.05) is 6.17 Å². The zero-order valence-corrected chi connectivity index (χ0v) is 6.47. The first-order valence-electron chi connectivity index (χ1n) is 2.53. The van der Waals surface area contributed by atoms with Gasteiger partial charge >= 0.3 is 0 Å². The first-order valence-corrected chi connectivity index (χ1v) is 6.24. The molecular formula is C4H11NO2Si. The minimum Gasteiger partial charge on any atom is -0.265 e. The summed E-state index contributed by atoms with van der Waals surface area (Å²) in [4.78, 5) is 9.63. The maximum absolute atomic E-state index is 9.86. The maximum atomic E-state index is 9.86. The van der Waals surface area contributed by atoms with Crippen LogP contribution in [-0.4, -0.2) is 19.2 Å². The van der Waals surface area contributed by atoms with Crippen LogP contribution < -0.4 is 0 Å². The Labute approximate surface area is 49.9 Å². The second kappa shape index (κ2) is 2.26. The van der Waals surface area contributed by atoms with Crippen molar-refractivity contribution in [1.29, 1.82) is 0 Å². The molecule has 0 unspecified atom stereocenters. The van der Waals surface area contributed by atoms with Crippen LogP contribution in [0, 0.1) is 10.1 Å². The molecule has 0 N–H and O–H groups in total. The molecule has 0 aliphatic heterocycles. The van der Waals surface area contributed by atoms with Crippen LogP contribution in [0.1, 0.15) is 0 Å². The first kappa shape index (κ1) is 7.62. The van der Waals surface area contributed by atoms with E-state index in [9.17, 15) is 10.1 Å². The molecule has 0 atom stereocenters. The van der Waals surface area contributed by atoms with Crippen molar-refractivity contribution >= 4 is 8.07 Å². The van der Waals surface area contributed by atoms with Gasteiger partial charge in [0.05, 0.1) is 0 Å². The van der Waals surface area contributed by atoms with Crippen LogP contribution in [-0.2, 0) is 0 Å². The normalized spacial score (nSPS) is 11.4. The smallest absolute Gasteiger partial charge is 0.185 e. The second-order valence-electron chi connectivity index (χ2n) is 3.05. The highest BCUT2D eigenvalue weighted by Gasteiger charge is 2.19. The van der Waals surface area contributed by atoms with Crippen LogP contribution in [0.15, 0.2) is 0 Å². The Kier molecular flexibility index (Phi) is 2.15. The van der Waals surface area contributed by atoms with Gasteiger partial charge in [-0.1, -0.05) is 19.6 Å². The quantitative estimate of drug-likeness (QED) is 0.322. The van der Waals surface area contributed by atoms with Crippen LogP contribution >= 0.6 is 0 Å². The van der Waals surface area contributed by atoms with Crippen molar-refractivity contribution < 1.29 is 4.92 Å². The highest BCUT2D eigenvalue weighted by Crippen LogP contribution is 1.98. The van der Waals surface area contributed by atoms with Crippen LogP contribution in [0.4, 0.5) is 0 Å². The third-order valence-corrected chi connectivity index (χ3v) is 1.81. The summed E-state index contributed by atoms with van der Waals surface area (Å²) >= 11 is 0. The van der Waals surface area contributed by atoms with E-state index in [2.05, 4.69) is 0 Å². The third-order valence-electron chi connectivity index (χ3n) is 0.603. The molecule has 8 heavy (non-hydrogen) atoms. The molecule has 0 saturated carbocycles. The van der Waals surface area contributed by atoms with Gasteiger partial charge in [0.25, 0.3) is 0 Å². The molecule has 0 aromatic carbocycles. The number of hydrogen-bond acceptors (Lipinski definition) is 2. The minimum absolute atomic E-state index is 0.188. The largest absolute Gasteiger partial charge is 0.265 e. The van der Waals surface area contributed by atoms with Gasteiger partial charge in [-0.05, 0) is 0 Å². The molecule has 0 aliphatic carbocycles. The summed E-state index contributed by atoms with van der Waals surface area (Å²) in [6, 6.07) is 0. The SMILES string of the molecule is C[Si](C)(C)C[N+](=O)[O-]. The Morgan fingerprint density at radius 2 is 1.88 bits per heavy atom. The van der Waals surface area contributed by atoms with Gasteiger partial charge in [-0.25, -0.2) is 0 Å². The van der Waals surface area contributed by atoms with E-state index in [0.29, 0.717) is 0 Å². The molecule has 4 heteroatoms. The lowest BCUT2D eigenvalue weighted by atomic mass is 11.5. The van der Waals surface area contributed by atoms with Crippen molar-refractivity contribution in [3.8, 4) is 0 Å².